The molecule has 1 atom stereocenters. The van der Waals surface area contributed by atoms with Gasteiger partial charge in [-0.25, -0.2) is 4.79 Å². The predicted octanol–water partition coefficient (Wildman–Crippen LogP) is 2.62. The highest BCUT2D eigenvalue weighted by Gasteiger charge is 2.36. The van der Waals surface area contributed by atoms with E-state index in [2.05, 4.69) is 6.58 Å². The lowest BCUT2D eigenvalue weighted by Gasteiger charge is -2.24. The predicted molar refractivity (Wildman–Crippen MR) is 47.1 cm³/mol. The molecule has 0 radical (unpaired) electrons. The molecule has 0 N–H and O–H groups in total. The van der Waals surface area contributed by atoms with Crippen LogP contribution in [0.1, 0.15) is 32.1 Å². The second-order valence-corrected chi connectivity index (χ2v) is 3.75. The third-order valence-corrected chi connectivity index (χ3v) is 2.83. The molecule has 0 aromatic rings. The van der Waals surface area contributed by atoms with Gasteiger partial charge in [-0.3, -0.25) is 0 Å². The maximum Gasteiger partial charge on any atom is 0.514 e. The summed E-state index contributed by atoms with van der Waals surface area (Å²) in [6, 6.07) is 0. The van der Waals surface area contributed by atoms with Crippen molar-refractivity contribution in [2.75, 3.05) is 0 Å². The molecular formula is C10H14O3. The zero-order chi connectivity index (χ0) is 9.26. The van der Waals surface area contributed by atoms with Crippen molar-refractivity contribution in [2.24, 2.45) is 5.92 Å². The van der Waals surface area contributed by atoms with Gasteiger partial charge in [0, 0.05) is 5.92 Å². The van der Waals surface area contributed by atoms with Crippen molar-refractivity contribution in [1.82, 2.24) is 0 Å². The van der Waals surface area contributed by atoms with Crippen molar-refractivity contribution >= 4 is 6.16 Å². The van der Waals surface area contributed by atoms with Gasteiger partial charge in [0.05, 0.1) is 0 Å². The molecule has 0 aromatic heterocycles. The molecule has 0 aromatic carbocycles. The maximum atomic E-state index is 10.8. The summed E-state index contributed by atoms with van der Waals surface area (Å²) in [6.07, 6.45) is 5.25. The molecule has 2 rings (SSSR count). The van der Waals surface area contributed by atoms with Crippen LogP contribution >= 0.6 is 0 Å². The lowest BCUT2D eigenvalue weighted by molar-refractivity contribution is 0.0885. The van der Waals surface area contributed by atoms with Gasteiger partial charge in [-0.2, -0.15) is 0 Å². The summed E-state index contributed by atoms with van der Waals surface area (Å²) in [5, 5.41) is 0. The van der Waals surface area contributed by atoms with Crippen LogP contribution in [0.3, 0.4) is 0 Å². The molecule has 1 saturated heterocycles. The maximum absolute atomic E-state index is 10.8. The van der Waals surface area contributed by atoms with E-state index in [0.29, 0.717) is 11.7 Å². The number of cyclic esters (lactones) is 2. The van der Waals surface area contributed by atoms with Crippen molar-refractivity contribution in [3.8, 4) is 0 Å². The topological polar surface area (TPSA) is 35.5 Å². The van der Waals surface area contributed by atoms with E-state index in [1.54, 1.807) is 0 Å². The summed E-state index contributed by atoms with van der Waals surface area (Å²) in [6.45, 7) is 3.69. The second kappa shape index (κ2) is 3.40. The van der Waals surface area contributed by atoms with Gasteiger partial charge in [0.25, 0.3) is 0 Å². The Balaban J connectivity index is 1.99. The minimum Gasteiger partial charge on any atom is -0.422 e. The van der Waals surface area contributed by atoms with Crippen LogP contribution in [0.2, 0.25) is 0 Å². The van der Waals surface area contributed by atoms with Crippen molar-refractivity contribution in [1.29, 1.82) is 0 Å². The molecule has 3 nitrogen and oxygen atoms in total. The van der Waals surface area contributed by atoms with E-state index in [1.807, 2.05) is 0 Å². The Labute approximate surface area is 77.7 Å². The van der Waals surface area contributed by atoms with Gasteiger partial charge in [-0.15, -0.1) is 0 Å². The number of ether oxygens (including phenoxy) is 2. The van der Waals surface area contributed by atoms with Crippen LogP contribution in [0.25, 0.3) is 0 Å². The number of hydrogen-bond donors (Lipinski definition) is 0. The normalized spacial score (nSPS) is 30.0. The molecule has 2 fully saturated rings. The number of carbonyl (C=O) groups excluding carboxylic acids is 1. The fourth-order valence-electron chi connectivity index (χ4n) is 2.15. The Kier molecular flexibility index (Phi) is 2.25. The summed E-state index contributed by atoms with van der Waals surface area (Å²) in [5.41, 5.74) is 0. The molecule has 1 unspecified atom stereocenters. The largest absolute Gasteiger partial charge is 0.514 e. The van der Waals surface area contributed by atoms with Gasteiger partial charge in [0.15, 0.2) is 6.10 Å². The highest BCUT2D eigenvalue weighted by Crippen LogP contribution is 2.34. The number of carbonyl (C=O) groups is 1. The molecule has 0 bridgehead atoms. The van der Waals surface area contributed by atoms with Gasteiger partial charge in [0.2, 0.25) is 0 Å². The van der Waals surface area contributed by atoms with Crippen LogP contribution < -0.4 is 0 Å². The third kappa shape index (κ3) is 1.69. The van der Waals surface area contributed by atoms with Crippen LogP contribution in [-0.4, -0.2) is 12.3 Å². The Morgan fingerprint density at radius 3 is 2.46 bits per heavy atom. The summed E-state index contributed by atoms with van der Waals surface area (Å²) < 4.78 is 9.82. The molecule has 1 aliphatic heterocycles. The minimum absolute atomic E-state index is 0.173. The van der Waals surface area contributed by atoms with E-state index in [4.69, 9.17) is 9.47 Å². The molecule has 13 heavy (non-hydrogen) atoms. The van der Waals surface area contributed by atoms with Crippen LogP contribution in [0.15, 0.2) is 12.3 Å². The summed E-state index contributed by atoms with van der Waals surface area (Å²) >= 11 is 0. The fourth-order valence-corrected chi connectivity index (χ4v) is 2.15. The molecule has 72 valence electrons. The average molecular weight is 182 g/mol. The van der Waals surface area contributed by atoms with Crippen molar-refractivity contribution in [2.45, 2.75) is 38.2 Å². The van der Waals surface area contributed by atoms with Gasteiger partial charge in [-0.05, 0) is 12.8 Å². The van der Waals surface area contributed by atoms with Gasteiger partial charge >= 0.3 is 6.16 Å². The van der Waals surface area contributed by atoms with E-state index in [0.717, 1.165) is 12.8 Å². The molecule has 1 saturated carbocycles. The Hall–Kier alpha value is -0.990. The van der Waals surface area contributed by atoms with Crippen LogP contribution in [0.5, 0.6) is 0 Å². The van der Waals surface area contributed by atoms with E-state index >= 15 is 0 Å². The van der Waals surface area contributed by atoms with Crippen LogP contribution in [0, 0.1) is 5.92 Å². The van der Waals surface area contributed by atoms with E-state index in [9.17, 15) is 4.79 Å². The molecule has 0 amide bonds. The van der Waals surface area contributed by atoms with Crippen molar-refractivity contribution < 1.29 is 14.3 Å². The zero-order valence-electron chi connectivity index (χ0n) is 7.62. The van der Waals surface area contributed by atoms with Crippen molar-refractivity contribution in [3.05, 3.63) is 12.3 Å². The van der Waals surface area contributed by atoms with Gasteiger partial charge in [-0.1, -0.05) is 25.8 Å². The Bertz CT molecular complexity index is 228. The first kappa shape index (κ1) is 8.60. The molecular weight excluding hydrogens is 168 g/mol. The van der Waals surface area contributed by atoms with E-state index in [-0.39, 0.29) is 6.10 Å². The second-order valence-electron chi connectivity index (χ2n) is 3.75. The lowest BCUT2D eigenvalue weighted by Crippen LogP contribution is -2.23. The number of rotatable bonds is 1. The summed E-state index contributed by atoms with van der Waals surface area (Å²) in [5.74, 6) is 0.935. The summed E-state index contributed by atoms with van der Waals surface area (Å²) in [7, 11) is 0. The molecule has 0 spiro atoms. The zero-order valence-corrected chi connectivity index (χ0v) is 7.62. The molecule has 1 heterocycles. The van der Waals surface area contributed by atoms with Crippen LogP contribution in [0.4, 0.5) is 4.79 Å². The lowest BCUT2D eigenvalue weighted by atomic mass is 9.85. The summed E-state index contributed by atoms with van der Waals surface area (Å²) in [4.78, 5) is 10.8. The van der Waals surface area contributed by atoms with E-state index < -0.39 is 6.16 Å². The standard InChI is InChI=1S/C10H14O3/c1-7-9(13-10(11)12-7)8-5-3-2-4-6-8/h8-9H,1-6H2. The fraction of sp³-hybridized carbons (Fsp3) is 0.700. The highest BCUT2D eigenvalue weighted by atomic mass is 16.8. The molecule has 1 aliphatic carbocycles. The first-order valence-corrected chi connectivity index (χ1v) is 4.84. The first-order valence-electron chi connectivity index (χ1n) is 4.84. The SMILES string of the molecule is C=C1OC(=O)OC1C1CCCCC1. The minimum atomic E-state index is -0.583. The highest BCUT2D eigenvalue weighted by molar-refractivity contribution is 5.64. The third-order valence-electron chi connectivity index (χ3n) is 2.83. The Morgan fingerprint density at radius 2 is 1.92 bits per heavy atom. The monoisotopic (exact) mass is 182 g/mol. The average Bonchev–Trinajstić information content (AvgIpc) is 2.47. The molecule has 3 heteroatoms. The number of hydrogen-bond acceptors (Lipinski definition) is 3. The van der Waals surface area contributed by atoms with E-state index in [1.165, 1.54) is 19.3 Å². The van der Waals surface area contributed by atoms with Crippen LogP contribution in [-0.2, 0) is 9.47 Å². The Morgan fingerprint density at radius 1 is 1.23 bits per heavy atom. The van der Waals surface area contributed by atoms with Gasteiger partial charge in [0.1, 0.15) is 5.76 Å². The quantitative estimate of drug-likeness (QED) is 0.585. The van der Waals surface area contributed by atoms with Crippen molar-refractivity contribution in [3.63, 3.8) is 0 Å². The van der Waals surface area contributed by atoms with Gasteiger partial charge < -0.3 is 9.47 Å². The molecule has 2 aliphatic rings. The smallest absolute Gasteiger partial charge is 0.422 e. The first-order chi connectivity index (χ1) is 6.27.